The summed E-state index contributed by atoms with van der Waals surface area (Å²) in [6.45, 7) is 4.11. The molecule has 3 aliphatic rings. The molecule has 202 valence electrons. The summed E-state index contributed by atoms with van der Waals surface area (Å²) in [5.74, 6) is 0.456. The fraction of sp³-hybridized carbons (Fsp3) is 0.444. The number of halogens is 1. The van der Waals surface area contributed by atoms with Gasteiger partial charge in [-0.3, -0.25) is 4.68 Å². The van der Waals surface area contributed by atoms with Gasteiger partial charge in [0.1, 0.15) is 5.69 Å². The Bertz CT molecular complexity index is 1490. The van der Waals surface area contributed by atoms with E-state index < -0.39 is 5.95 Å². The summed E-state index contributed by atoms with van der Waals surface area (Å²) in [6.07, 6.45) is 8.22. The number of hydrogen-bond acceptors (Lipinski definition) is 10. The first-order valence-electron chi connectivity index (χ1n) is 13.5. The van der Waals surface area contributed by atoms with Crippen LogP contribution in [0.1, 0.15) is 25.3 Å². The number of rotatable bonds is 7. The van der Waals surface area contributed by atoms with Crippen LogP contribution in [-0.4, -0.2) is 91.3 Å². The molecule has 0 amide bonds. The predicted molar refractivity (Wildman–Crippen MR) is 143 cm³/mol. The first-order valence-corrected chi connectivity index (χ1v) is 13.5. The summed E-state index contributed by atoms with van der Waals surface area (Å²) < 4.78 is 22.1. The van der Waals surface area contributed by atoms with E-state index in [1.807, 2.05) is 30.5 Å². The smallest absolute Gasteiger partial charge is 0.256 e. The maximum absolute atomic E-state index is 14.7. The Labute approximate surface area is 224 Å². The van der Waals surface area contributed by atoms with Gasteiger partial charge in [-0.1, -0.05) is 6.07 Å². The van der Waals surface area contributed by atoms with Crippen molar-refractivity contribution in [3.05, 3.63) is 48.8 Å². The standard InChI is InChI=1S/C27H30FN9O2/c28-25-24(15-37(34-25)19-4-7-35(8-5-19)9-10-38)32-26-29-6-3-23(31-26)17-1-2-22-18(11-17)13-30-27(33-22)36-14-21-12-20(36)16-39-21/h1-3,6,11,13,15,19-21,38H,4-5,7-10,12,14,16H2,(H,29,31,32). The number of piperidine rings is 1. The molecule has 6 heterocycles. The number of ether oxygens (including phenoxy) is 1. The minimum absolute atomic E-state index is 0.117. The van der Waals surface area contributed by atoms with Crippen LogP contribution in [0.3, 0.4) is 0 Å². The molecule has 12 heteroatoms. The van der Waals surface area contributed by atoms with Gasteiger partial charge in [-0.05, 0) is 37.5 Å². The Morgan fingerprint density at radius 3 is 2.79 bits per heavy atom. The zero-order valence-corrected chi connectivity index (χ0v) is 21.4. The monoisotopic (exact) mass is 531 g/mol. The first kappa shape index (κ1) is 24.3. The highest BCUT2D eigenvalue weighted by Crippen LogP contribution is 2.32. The van der Waals surface area contributed by atoms with Crippen molar-refractivity contribution in [1.82, 2.24) is 34.6 Å². The second-order valence-electron chi connectivity index (χ2n) is 10.4. The molecule has 11 nitrogen and oxygen atoms in total. The zero-order chi connectivity index (χ0) is 26.3. The van der Waals surface area contributed by atoms with E-state index in [1.54, 1.807) is 17.1 Å². The van der Waals surface area contributed by atoms with Crippen LogP contribution in [0, 0.1) is 5.95 Å². The van der Waals surface area contributed by atoms with Gasteiger partial charge in [0.05, 0.1) is 48.8 Å². The number of anilines is 3. The number of nitrogens with one attached hydrogen (secondary N) is 1. The Balaban J connectivity index is 1.07. The van der Waals surface area contributed by atoms with E-state index in [0.29, 0.717) is 24.2 Å². The fourth-order valence-corrected chi connectivity index (χ4v) is 5.86. The molecule has 3 aliphatic heterocycles. The Hall–Kier alpha value is -3.74. The van der Waals surface area contributed by atoms with Crippen LogP contribution in [0.2, 0.25) is 0 Å². The summed E-state index contributed by atoms with van der Waals surface area (Å²) in [7, 11) is 0. The summed E-state index contributed by atoms with van der Waals surface area (Å²) in [4.78, 5) is 22.8. The predicted octanol–water partition coefficient (Wildman–Crippen LogP) is 2.77. The summed E-state index contributed by atoms with van der Waals surface area (Å²) in [5, 5.41) is 17.2. The third kappa shape index (κ3) is 4.79. The van der Waals surface area contributed by atoms with Crippen LogP contribution in [0.4, 0.5) is 22.0 Å². The van der Waals surface area contributed by atoms with Gasteiger partial charge in [-0.2, -0.15) is 4.39 Å². The van der Waals surface area contributed by atoms with E-state index in [9.17, 15) is 4.39 Å². The fourth-order valence-electron chi connectivity index (χ4n) is 5.86. The minimum Gasteiger partial charge on any atom is -0.395 e. The Morgan fingerprint density at radius 2 is 2.00 bits per heavy atom. The molecule has 3 aromatic heterocycles. The highest BCUT2D eigenvalue weighted by atomic mass is 19.1. The highest BCUT2D eigenvalue weighted by Gasteiger charge is 2.40. The van der Waals surface area contributed by atoms with Gasteiger partial charge < -0.3 is 25.0 Å². The van der Waals surface area contributed by atoms with Gasteiger partial charge in [0.2, 0.25) is 11.9 Å². The molecule has 3 saturated heterocycles. The summed E-state index contributed by atoms with van der Waals surface area (Å²) >= 11 is 0. The van der Waals surface area contributed by atoms with E-state index >= 15 is 0 Å². The SMILES string of the molecule is OCCN1CCC(n2cc(Nc3nccc(-c4ccc5nc(N6CC7CC6CO7)ncc5c4)n3)c(F)n2)CC1. The zero-order valence-electron chi connectivity index (χ0n) is 21.4. The number of morpholine rings is 1. The quantitative estimate of drug-likeness (QED) is 0.369. The number of aromatic nitrogens is 6. The van der Waals surface area contributed by atoms with Gasteiger partial charge in [-0.25, -0.2) is 19.9 Å². The van der Waals surface area contributed by atoms with Crippen LogP contribution in [0.15, 0.2) is 42.9 Å². The van der Waals surface area contributed by atoms with Crippen LogP contribution >= 0.6 is 0 Å². The maximum atomic E-state index is 14.7. The lowest BCUT2D eigenvalue weighted by Crippen LogP contribution is -2.38. The average Bonchev–Trinajstić information content (AvgIpc) is 3.70. The lowest BCUT2D eigenvalue weighted by molar-refractivity contribution is 0.0986. The number of aliphatic hydroxyl groups is 1. The molecule has 1 aromatic carbocycles. The molecule has 2 bridgehead atoms. The van der Waals surface area contributed by atoms with Crippen molar-refractivity contribution in [2.75, 3.05) is 49.6 Å². The van der Waals surface area contributed by atoms with Crippen molar-refractivity contribution in [3.8, 4) is 11.3 Å². The second-order valence-corrected chi connectivity index (χ2v) is 10.4. The van der Waals surface area contributed by atoms with E-state index in [0.717, 1.165) is 67.9 Å². The molecule has 39 heavy (non-hydrogen) atoms. The highest BCUT2D eigenvalue weighted by molar-refractivity contribution is 5.84. The Morgan fingerprint density at radius 1 is 1.10 bits per heavy atom. The number of benzene rings is 1. The molecule has 2 N–H and O–H groups in total. The van der Waals surface area contributed by atoms with E-state index in [1.165, 1.54) is 0 Å². The van der Waals surface area contributed by atoms with Crippen LogP contribution < -0.4 is 10.2 Å². The normalized spacial score (nSPS) is 21.7. The Kier molecular flexibility index (Phi) is 6.30. The van der Waals surface area contributed by atoms with Crippen molar-refractivity contribution >= 4 is 28.5 Å². The molecule has 0 radical (unpaired) electrons. The third-order valence-electron chi connectivity index (χ3n) is 7.96. The number of nitrogens with zero attached hydrogens (tertiary/aromatic N) is 8. The van der Waals surface area contributed by atoms with Crippen molar-refractivity contribution in [2.24, 2.45) is 0 Å². The van der Waals surface area contributed by atoms with E-state index in [2.05, 4.69) is 35.2 Å². The van der Waals surface area contributed by atoms with Crippen LogP contribution in [0.25, 0.3) is 22.2 Å². The molecule has 2 atom stereocenters. The van der Waals surface area contributed by atoms with Crippen LogP contribution in [0.5, 0.6) is 0 Å². The minimum atomic E-state index is -0.585. The van der Waals surface area contributed by atoms with Gasteiger partial charge in [0, 0.05) is 49.5 Å². The van der Waals surface area contributed by atoms with Crippen molar-refractivity contribution < 1.29 is 14.2 Å². The maximum Gasteiger partial charge on any atom is 0.256 e. The molecule has 2 unspecified atom stereocenters. The molecule has 7 rings (SSSR count). The van der Waals surface area contributed by atoms with Gasteiger partial charge in [-0.15, -0.1) is 5.10 Å². The topological polar surface area (TPSA) is 117 Å². The average molecular weight is 532 g/mol. The lowest BCUT2D eigenvalue weighted by Gasteiger charge is -2.31. The van der Waals surface area contributed by atoms with E-state index in [-0.39, 0.29) is 24.4 Å². The number of hydrogen-bond donors (Lipinski definition) is 2. The molecular weight excluding hydrogens is 501 g/mol. The third-order valence-corrected chi connectivity index (χ3v) is 7.96. The molecule has 3 fully saturated rings. The van der Waals surface area contributed by atoms with Crippen molar-refractivity contribution in [3.63, 3.8) is 0 Å². The molecule has 4 aromatic rings. The molecule has 0 aliphatic carbocycles. The molecular formula is C27H30FN9O2. The van der Waals surface area contributed by atoms with Crippen molar-refractivity contribution in [1.29, 1.82) is 0 Å². The van der Waals surface area contributed by atoms with Gasteiger partial charge in [0.25, 0.3) is 5.95 Å². The molecule has 0 spiro atoms. The lowest BCUT2D eigenvalue weighted by atomic mass is 10.1. The van der Waals surface area contributed by atoms with Crippen molar-refractivity contribution in [2.45, 2.75) is 37.5 Å². The number of β-amino-alcohol motifs (C(OH)–C–C–N with tert-alkyl or cyclic N) is 1. The summed E-state index contributed by atoms with van der Waals surface area (Å²) in [6, 6.07) is 8.26. The number of likely N-dealkylation sites (tertiary alicyclic amines) is 1. The van der Waals surface area contributed by atoms with Crippen LogP contribution in [-0.2, 0) is 4.74 Å². The molecule has 0 saturated carbocycles. The largest absolute Gasteiger partial charge is 0.395 e. The first-order chi connectivity index (χ1) is 19.1. The van der Waals surface area contributed by atoms with E-state index in [4.69, 9.17) is 14.8 Å². The second kappa shape index (κ2) is 10.1. The van der Waals surface area contributed by atoms with Gasteiger partial charge >= 0.3 is 0 Å². The summed E-state index contributed by atoms with van der Waals surface area (Å²) in [5.41, 5.74) is 2.71. The van der Waals surface area contributed by atoms with Gasteiger partial charge in [0.15, 0.2) is 0 Å². The number of aliphatic hydroxyl groups excluding tert-OH is 1. The number of fused-ring (bicyclic) bond motifs is 3.